The van der Waals surface area contributed by atoms with Crippen molar-refractivity contribution in [2.24, 2.45) is 5.92 Å². The topological polar surface area (TPSA) is 65.1 Å². The Balaban J connectivity index is 1.84. The van der Waals surface area contributed by atoms with Crippen LogP contribution in [0.4, 0.5) is 0 Å². The lowest BCUT2D eigenvalue weighted by Gasteiger charge is -2.27. The highest BCUT2D eigenvalue weighted by Gasteiger charge is 2.22. The van der Waals surface area contributed by atoms with Crippen LogP contribution in [0.2, 0.25) is 5.02 Å². The quantitative estimate of drug-likeness (QED) is 0.774. The molecule has 0 aromatic carbocycles. The molecular formula is C12H17ClN2O2. The number of H-pyrrole nitrogens is 1. The fourth-order valence-corrected chi connectivity index (χ4v) is 2.42. The molecule has 1 amide bonds. The third-order valence-corrected chi connectivity index (χ3v) is 3.55. The van der Waals surface area contributed by atoms with Gasteiger partial charge in [-0.2, -0.15) is 0 Å². The summed E-state index contributed by atoms with van der Waals surface area (Å²) in [6.45, 7) is 0.257. The summed E-state index contributed by atoms with van der Waals surface area (Å²) in [7, 11) is 0. The highest BCUT2D eigenvalue weighted by molar-refractivity contribution is 6.30. The van der Waals surface area contributed by atoms with E-state index in [-0.39, 0.29) is 18.6 Å². The molecule has 0 bridgehead atoms. The summed E-state index contributed by atoms with van der Waals surface area (Å²) >= 11 is 5.75. The van der Waals surface area contributed by atoms with Crippen LogP contribution in [-0.2, 0) is 0 Å². The van der Waals surface area contributed by atoms with Gasteiger partial charge in [0.2, 0.25) is 0 Å². The molecular weight excluding hydrogens is 240 g/mol. The van der Waals surface area contributed by atoms with E-state index in [0.29, 0.717) is 16.6 Å². The van der Waals surface area contributed by atoms with E-state index in [4.69, 9.17) is 16.7 Å². The van der Waals surface area contributed by atoms with Crippen LogP contribution in [0.5, 0.6) is 0 Å². The van der Waals surface area contributed by atoms with Crippen LogP contribution < -0.4 is 5.32 Å². The van der Waals surface area contributed by atoms with Gasteiger partial charge in [0.15, 0.2) is 0 Å². The predicted octanol–water partition coefficient (Wildman–Crippen LogP) is 1.95. The number of hydrogen-bond donors (Lipinski definition) is 3. The number of rotatable bonds is 3. The number of halogens is 1. The van der Waals surface area contributed by atoms with Crippen molar-refractivity contribution in [2.75, 3.05) is 6.61 Å². The number of aromatic amines is 1. The summed E-state index contributed by atoms with van der Waals surface area (Å²) in [5.74, 6) is 0.299. The van der Waals surface area contributed by atoms with Crippen molar-refractivity contribution in [3.8, 4) is 0 Å². The Morgan fingerprint density at radius 2 is 2.18 bits per heavy atom. The van der Waals surface area contributed by atoms with Crippen molar-refractivity contribution in [1.29, 1.82) is 0 Å². The highest BCUT2D eigenvalue weighted by atomic mass is 35.5. The van der Waals surface area contributed by atoms with Crippen molar-refractivity contribution in [2.45, 2.75) is 31.7 Å². The summed E-state index contributed by atoms with van der Waals surface area (Å²) in [5, 5.41) is 12.6. The fourth-order valence-electron chi connectivity index (χ4n) is 2.25. The van der Waals surface area contributed by atoms with Gasteiger partial charge in [-0.3, -0.25) is 4.79 Å². The number of carbonyl (C=O) groups is 1. The van der Waals surface area contributed by atoms with Gasteiger partial charge in [0.25, 0.3) is 5.91 Å². The van der Waals surface area contributed by atoms with Gasteiger partial charge in [0, 0.05) is 18.8 Å². The molecule has 1 aromatic heterocycles. The summed E-state index contributed by atoms with van der Waals surface area (Å²) in [6, 6.07) is 1.84. The Morgan fingerprint density at radius 3 is 2.71 bits per heavy atom. The zero-order chi connectivity index (χ0) is 12.3. The molecule has 1 saturated carbocycles. The maximum absolute atomic E-state index is 11.8. The molecule has 94 valence electrons. The van der Waals surface area contributed by atoms with E-state index >= 15 is 0 Å². The van der Waals surface area contributed by atoms with Crippen LogP contribution in [0.15, 0.2) is 12.3 Å². The summed E-state index contributed by atoms with van der Waals surface area (Å²) in [6.07, 6.45) is 5.43. The third kappa shape index (κ3) is 3.23. The van der Waals surface area contributed by atoms with E-state index in [1.165, 1.54) is 0 Å². The van der Waals surface area contributed by atoms with E-state index in [1.54, 1.807) is 12.3 Å². The fraction of sp³-hybridized carbons (Fsp3) is 0.583. The summed E-state index contributed by atoms with van der Waals surface area (Å²) in [4.78, 5) is 14.7. The molecule has 0 atom stereocenters. The van der Waals surface area contributed by atoms with Crippen LogP contribution in [0, 0.1) is 5.92 Å². The zero-order valence-electron chi connectivity index (χ0n) is 9.58. The van der Waals surface area contributed by atoms with Gasteiger partial charge >= 0.3 is 0 Å². The van der Waals surface area contributed by atoms with Crippen molar-refractivity contribution in [3.63, 3.8) is 0 Å². The molecule has 0 saturated heterocycles. The maximum atomic E-state index is 11.8. The maximum Gasteiger partial charge on any atom is 0.267 e. The number of aromatic nitrogens is 1. The minimum atomic E-state index is -0.107. The van der Waals surface area contributed by atoms with Crippen molar-refractivity contribution >= 4 is 17.5 Å². The van der Waals surface area contributed by atoms with Crippen LogP contribution in [0.1, 0.15) is 36.2 Å². The second kappa shape index (κ2) is 5.56. The third-order valence-electron chi connectivity index (χ3n) is 3.33. The Kier molecular flexibility index (Phi) is 4.07. The summed E-state index contributed by atoms with van der Waals surface area (Å²) < 4.78 is 0. The lowest BCUT2D eigenvalue weighted by Crippen LogP contribution is -2.38. The van der Waals surface area contributed by atoms with Gasteiger partial charge in [-0.25, -0.2) is 0 Å². The molecule has 1 heterocycles. The summed E-state index contributed by atoms with van der Waals surface area (Å²) in [5.41, 5.74) is 0.499. The van der Waals surface area contributed by atoms with Gasteiger partial charge < -0.3 is 15.4 Å². The zero-order valence-corrected chi connectivity index (χ0v) is 10.3. The van der Waals surface area contributed by atoms with Crippen molar-refractivity contribution in [3.05, 3.63) is 23.0 Å². The SMILES string of the molecule is O=C(NC1CCC(CO)CC1)c1cc(Cl)c[nH]1. The average Bonchev–Trinajstić information content (AvgIpc) is 2.77. The molecule has 1 aliphatic carbocycles. The first-order valence-electron chi connectivity index (χ1n) is 5.94. The molecule has 3 N–H and O–H groups in total. The number of amides is 1. The highest BCUT2D eigenvalue weighted by Crippen LogP contribution is 2.23. The standard InChI is InChI=1S/C12H17ClN2O2/c13-9-5-11(14-6-9)12(17)15-10-3-1-8(7-16)2-4-10/h5-6,8,10,14,16H,1-4,7H2,(H,15,17). The molecule has 0 radical (unpaired) electrons. The average molecular weight is 257 g/mol. The second-order valence-electron chi connectivity index (χ2n) is 4.61. The Hall–Kier alpha value is -1.00. The minimum absolute atomic E-state index is 0.107. The first-order chi connectivity index (χ1) is 8.19. The number of aliphatic hydroxyl groups excluding tert-OH is 1. The first kappa shape index (κ1) is 12.5. The molecule has 4 nitrogen and oxygen atoms in total. The van der Waals surface area contributed by atoms with Gasteiger partial charge in [-0.1, -0.05) is 11.6 Å². The molecule has 0 spiro atoms. The lowest BCUT2D eigenvalue weighted by atomic mass is 9.86. The van der Waals surface area contributed by atoms with Gasteiger partial charge in [-0.05, 0) is 37.7 Å². The number of hydrogen-bond acceptors (Lipinski definition) is 2. The van der Waals surface area contributed by atoms with Crippen molar-refractivity contribution < 1.29 is 9.90 Å². The van der Waals surface area contributed by atoms with Crippen LogP contribution in [0.25, 0.3) is 0 Å². The van der Waals surface area contributed by atoms with E-state index in [9.17, 15) is 4.79 Å². The van der Waals surface area contributed by atoms with Gasteiger partial charge in [0.1, 0.15) is 5.69 Å². The molecule has 5 heteroatoms. The lowest BCUT2D eigenvalue weighted by molar-refractivity contribution is 0.0909. The van der Waals surface area contributed by atoms with Gasteiger partial charge in [0.05, 0.1) is 5.02 Å². The number of aliphatic hydroxyl groups is 1. The Bertz CT molecular complexity index is 384. The Morgan fingerprint density at radius 1 is 1.47 bits per heavy atom. The molecule has 0 aliphatic heterocycles. The van der Waals surface area contributed by atoms with E-state index in [2.05, 4.69) is 10.3 Å². The van der Waals surface area contributed by atoms with Crippen LogP contribution in [0.3, 0.4) is 0 Å². The smallest absolute Gasteiger partial charge is 0.267 e. The predicted molar refractivity (Wildman–Crippen MR) is 66.1 cm³/mol. The second-order valence-corrected chi connectivity index (χ2v) is 5.04. The van der Waals surface area contributed by atoms with E-state index in [1.807, 2.05) is 0 Å². The molecule has 17 heavy (non-hydrogen) atoms. The van der Waals surface area contributed by atoms with Gasteiger partial charge in [-0.15, -0.1) is 0 Å². The first-order valence-corrected chi connectivity index (χ1v) is 6.32. The molecule has 1 fully saturated rings. The Labute approximate surface area is 105 Å². The number of nitrogens with one attached hydrogen (secondary N) is 2. The molecule has 2 rings (SSSR count). The minimum Gasteiger partial charge on any atom is -0.396 e. The van der Waals surface area contributed by atoms with Crippen molar-refractivity contribution in [1.82, 2.24) is 10.3 Å². The normalized spacial score (nSPS) is 24.6. The largest absolute Gasteiger partial charge is 0.396 e. The van der Waals surface area contributed by atoms with E-state index in [0.717, 1.165) is 25.7 Å². The number of carbonyl (C=O) groups excluding carboxylic acids is 1. The molecule has 1 aromatic rings. The monoisotopic (exact) mass is 256 g/mol. The van der Waals surface area contributed by atoms with E-state index < -0.39 is 0 Å². The molecule has 0 unspecified atom stereocenters. The van der Waals surface area contributed by atoms with Crippen LogP contribution in [-0.4, -0.2) is 28.6 Å². The molecule has 1 aliphatic rings. The van der Waals surface area contributed by atoms with Crippen LogP contribution >= 0.6 is 11.6 Å².